The van der Waals surface area contributed by atoms with Gasteiger partial charge >= 0.3 is 0 Å². The minimum absolute atomic E-state index is 0.313. The average Bonchev–Trinajstić information content (AvgIpc) is 2.37. The summed E-state index contributed by atoms with van der Waals surface area (Å²) in [6, 6.07) is 13.3. The second-order valence-corrected chi connectivity index (χ2v) is 4.25. The zero-order chi connectivity index (χ0) is 13.1. The number of hydrogen-bond donors (Lipinski definition) is 0. The lowest BCUT2D eigenvalue weighted by Crippen LogP contribution is -2.11. The maximum absolute atomic E-state index is 13.2. The molecule has 0 heterocycles. The Bertz CT molecular complexity index is 619. The van der Waals surface area contributed by atoms with Crippen LogP contribution in [0.3, 0.4) is 0 Å². The van der Waals surface area contributed by atoms with Crippen LogP contribution in [0.5, 0.6) is 0 Å². The second-order valence-electron chi connectivity index (χ2n) is 3.81. The van der Waals surface area contributed by atoms with Gasteiger partial charge in [-0.3, -0.25) is 0 Å². The van der Waals surface area contributed by atoms with Gasteiger partial charge in [0.25, 0.3) is 0 Å². The Morgan fingerprint density at radius 3 is 2.67 bits per heavy atom. The van der Waals surface area contributed by atoms with E-state index in [4.69, 9.17) is 16.9 Å². The molecule has 0 aromatic heterocycles. The largest absolute Gasteiger partial charge is 0.343 e. The Kier molecular flexibility index (Phi) is 3.50. The van der Waals surface area contributed by atoms with E-state index in [1.165, 1.54) is 12.1 Å². The van der Waals surface area contributed by atoms with E-state index in [2.05, 4.69) is 6.07 Å². The van der Waals surface area contributed by atoms with Gasteiger partial charge in [0.1, 0.15) is 11.9 Å². The van der Waals surface area contributed by atoms with Crippen molar-refractivity contribution in [1.29, 1.82) is 5.26 Å². The first kappa shape index (κ1) is 12.4. The Morgan fingerprint density at radius 2 is 2.00 bits per heavy atom. The highest BCUT2D eigenvalue weighted by molar-refractivity contribution is 6.30. The number of hydrogen-bond acceptors (Lipinski definition) is 2. The zero-order valence-corrected chi connectivity index (χ0v) is 10.4. The number of rotatable bonds is 2. The van der Waals surface area contributed by atoms with Crippen molar-refractivity contribution in [2.24, 2.45) is 0 Å². The molecule has 0 aliphatic carbocycles. The molecule has 2 aromatic carbocycles. The van der Waals surface area contributed by atoms with Crippen LogP contribution in [-0.2, 0) is 0 Å². The van der Waals surface area contributed by atoms with E-state index in [0.29, 0.717) is 22.0 Å². The first-order chi connectivity index (χ1) is 8.61. The number of nitriles is 1. The first-order valence-electron chi connectivity index (χ1n) is 5.31. The Hall–Kier alpha value is -2.05. The topological polar surface area (TPSA) is 27.0 Å². The van der Waals surface area contributed by atoms with Crippen molar-refractivity contribution >= 4 is 23.0 Å². The van der Waals surface area contributed by atoms with Crippen molar-refractivity contribution in [3.05, 3.63) is 58.9 Å². The molecule has 2 nitrogen and oxygen atoms in total. The van der Waals surface area contributed by atoms with E-state index in [9.17, 15) is 4.39 Å². The quantitative estimate of drug-likeness (QED) is 0.812. The molecular formula is C14H10ClFN2. The fourth-order valence-corrected chi connectivity index (χ4v) is 1.89. The molecular weight excluding hydrogens is 251 g/mol. The molecule has 0 radical (unpaired) electrons. The van der Waals surface area contributed by atoms with Gasteiger partial charge in [0.05, 0.1) is 11.3 Å². The number of nitrogens with zero attached hydrogens (tertiary/aromatic N) is 2. The predicted octanol–water partition coefficient (Wildman–Crippen LogP) is 4.12. The summed E-state index contributed by atoms with van der Waals surface area (Å²) in [4.78, 5) is 1.75. The van der Waals surface area contributed by atoms with Crippen LogP contribution >= 0.6 is 11.6 Å². The number of anilines is 2. The van der Waals surface area contributed by atoms with Crippen molar-refractivity contribution in [3.8, 4) is 6.07 Å². The van der Waals surface area contributed by atoms with E-state index in [0.717, 1.165) is 0 Å². The molecule has 0 aliphatic rings. The van der Waals surface area contributed by atoms with Gasteiger partial charge in [-0.2, -0.15) is 5.26 Å². The standard InChI is InChI=1S/C14H10ClFN2/c1-18(13-4-2-3-12(16)8-13)14-6-5-11(15)7-10(14)9-17/h2-8H,1H3. The van der Waals surface area contributed by atoms with Crippen molar-refractivity contribution < 1.29 is 4.39 Å². The Morgan fingerprint density at radius 1 is 1.22 bits per heavy atom. The van der Waals surface area contributed by atoms with E-state index in [1.807, 2.05) is 0 Å². The van der Waals surface area contributed by atoms with Crippen LogP contribution < -0.4 is 4.90 Å². The van der Waals surface area contributed by atoms with Gasteiger partial charge in [0.15, 0.2) is 0 Å². The smallest absolute Gasteiger partial charge is 0.125 e. The second kappa shape index (κ2) is 5.07. The van der Waals surface area contributed by atoms with Gasteiger partial charge < -0.3 is 4.90 Å². The minimum Gasteiger partial charge on any atom is -0.343 e. The molecule has 0 saturated heterocycles. The molecule has 0 aliphatic heterocycles. The molecule has 0 fully saturated rings. The summed E-state index contributed by atoms with van der Waals surface area (Å²) in [5.41, 5.74) is 1.82. The Balaban J connectivity index is 2.46. The third-order valence-electron chi connectivity index (χ3n) is 2.64. The van der Waals surface area contributed by atoms with Crippen LogP contribution in [0.2, 0.25) is 5.02 Å². The van der Waals surface area contributed by atoms with Crippen LogP contribution in [0.1, 0.15) is 5.56 Å². The molecule has 0 unspecified atom stereocenters. The molecule has 0 spiro atoms. The Labute approximate surface area is 110 Å². The molecule has 0 amide bonds. The summed E-state index contributed by atoms with van der Waals surface area (Å²) in [5.74, 6) is -0.313. The van der Waals surface area contributed by atoms with Crippen molar-refractivity contribution in [2.75, 3.05) is 11.9 Å². The molecule has 90 valence electrons. The highest BCUT2D eigenvalue weighted by atomic mass is 35.5. The molecule has 18 heavy (non-hydrogen) atoms. The maximum Gasteiger partial charge on any atom is 0.125 e. The molecule has 0 atom stereocenters. The van der Waals surface area contributed by atoms with Gasteiger partial charge in [0, 0.05) is 17.8 Å². The fraction of sp³-hybridized carbons (Fsp3) is 0.0714. The first-order valence-corrected chi connectivity index (χ1v) is 5.68. The maximum atomic E-state index is 13.2. The van der Waals surface area contributed by atoms with E-state index < -0.39 is 0 Å². The van der Waals surface area contributed by atoms with E-state index >= 15 is 0 Å². The summed E-state index contributed by atoms with van der Waals surface area (Å²) in [6.45, 7) is 0. The predicted molar refractivity (Wildman–Crippen MR) is 70.6 cm³/mol. The highest BCUT2D eigenvalue weighted by Gasteiger charge is 2.10. The number of benzene rings is 2. The van der Waals surface area contributed by atoms with Gasteiger partial charge in [-0.25, -0.2) is 4.39 Å². The minimum atomic E-state index is -0.313. The normalized spacial score (nSPS) is 9.89. The lowest BCUT2D eigenvalue weighted by Gasteiger charge is -2.20. The van der Waals surface area contributed by atoms with Crippen LogP contribution in [-0.4, -0.2) is 7.05 Å². The molecule has 2 aromatic rings. The third-order valence-corrected chi connectivity index (χ3v) is 2.87. The van der Waals surface area contributed by atoms with Gasteiger partial charge in [-0.15, -0.1) is 0 Å². The molecule has 2 rings (SSSR count). The van der Waals surface area contributed by atoms with Crippen molar-refractivity contribution in [3.63, 3.8) is 0 Å². The lowest BCUT2D eigenvalue weighted by molar-refractivity contribution is 0.628. The van der Waals surface area contributed by atoms with Gasteiger partial charge in [0.2, 0.25) is 0 Å². The molecule has 0 bridgehead atoms. The third kappa shape index (κ3) is 2.44. The molecule has 0 saturated carbocycles. The van der Waals surface area contributed by atoms with Crippen molar-refractivity contribution in [1.82, 2.24) is 0 Å². The van der Waals surface area contributed by atoms with Crippen LogP contribution in [0, 0.1) is 17.1 Å². The molecule has 4 heteroatoms. The van der Waals surface area contributed by atoms with Crippen molar-refractivity contribution in [2.45, 2.75) is 0 Å². The zero-order valence-electron chi connectivity index (χ0n) is 9.69. The summed E-state index contributed by atoms with van der Waals surface area (Å²) in [7, 11) is 1.78. The fourth-order valence-electron chi connectivity index (χ4n) is 1.71. The van der Waals surface area contributed by atoms with Gasteiger partial charge in [-0.05, 0) is 36.4 Å². The van der Waals surface area contributed by atoms with Crippen LogP contribution in [0.4, 0.5) is 15.8 Å². The van der Waals surface area contributed by atoms with Crippen LogP contribution in [0.15, 0.2) is 42.5 Å². The summed E-state index contributed by atoms with van der Waals surface area (Å²) in [5, 5.41) is 9.59. The van der Waals surface area contributed by atoms with E-state index in [1.54, 1.807) is 42.3 Å². The SMILES string of the molecule is CN(c1cccc(F)c1)c1ccc(Cl)cc1C#N. The highest BCUT2D eigenvalue weighted by Crippen LogP contribution is 2.28. The van der Waals surface area contributed by atoms with Gasteiger partial charge in [-0.1, -0.05) is 17.7 Å². The monoisotopic (exact) mass is 260 g/mol. The summed E-state index contributed by atoms with van der Waals surface area (Å²) in [6.07, 6.45) is 0. The summed E-state index contributed by atoms with van der Waals surface area (Å²) < 4.78 is 13.2. The number of halogens is 2. The van der Waals surface area contributed by atoms with E-state index in [-0.39, 0.29) is 5.82 Å². The lowest BCUT2D eigenvalue weighted by atomic mass is 10.1. The molecule has 0 N–H and O–H groups in total. The average molecular weight is 261 g/mol. The summed E-state index contributed by atoms with van der Waals surface area (Å²) >= 11 is 5.84. The van der Waals surface area contributed by atoms with Crippen LogP contribution in [0.25, 0.3) is 0 Å².